The van der Waals surface area contributed by atoms with E-state index in [4.69, 9.17) is 9.47 Å². The van der Waals surface area contributed by atoms with E-state index in [2.05, 4.69) is 0 Å². The second-order valence-corrected chi connectivity index (χ2v) is 4.25. The minimum atomic E-state index is -0.682. The molecule has 0 heterocycles. The first kappa shape index (κ1) is 14.7. The number of rotatable bonds is 6. The summed E-state index contributed by atoms with van der Waals surface area (Å²) in [5.74, 6) is -0.495. The quantitative estimate of drug-likeness (QED) is 0.606. The maximum absolute atomic E-state index is 13.6. The number of hydrogen-bond donors (Lipinski definition) is 0. The van der Waals surface area contributed by atoms with Crippen LogP contribution in [0.15, 0.2) is 42.5 Å². The van der Waals surface area contributed by atoms with E-state index in [1.165, 1.54) is 19.2 Å². The Morgan fingerprint density at radius 2 is 2.05 bits per heavy atom. The average molecular weight is 288 g/mol. The van der Waals surface area contributed by atoms with Crippen LogP contribution in [0.2, 0.25) is 0 Å². The lowest BCUT2D eigenvalue weighted by Crippen LogP contribution is -2.12. The van der Waals surface area contributed by atoms with Crippen LogP contribution in [0.3, 0.4) is 0 Å². The van der Waals surface area contributed by atoms with Crippen molar-refractivity contribution in [2.45, 2.75) is 0 Å². The Bertz CT molecular complexity index is 667. The van der Waals surface area contributed by atoms with E-state index in [0.29, 0.717) is 17.6 Å². The Labute approximate surface area is 121 Å². The van der Waals surface area contributed by atoms with Crippen LogP contribution in [-0.4, -0.2) is 25.8 Å². The highest BCUT2D eigenvalue weighted by molar-refractivity contribution is 5.97. The average Bonchev–Trinajstić information content (AvgIpc) is 2.53. The Morgan fingerprint density at radius 3 is 2.71 bits per heavy atom. The van der Waals surface area contributed by atoms with Gasteiger partial charge in [-0.3, -0.25) is 9.59 Å². The van der Waals surface area contributed by atoms with Gasteiger partial charge in [-0.25, -0.2) is 4.39 Å². The van der Waals surface area contributed by atoms with Crippen LogP contribution in [0.5, 0.6) is 11.5 Å². The number of Topliss-reactive ketones (excluding diaryl/α,β-unsaturated/α-hetero) is 1. The van der Waals surface area contributed by atoms with Gasteiger partial charge in [-0.1, -0.05) is 12.1 Å². The molecule has 5 heteroatoms. The summed E-state index contributed by atoms with van der Waals surface area (Å²) in [7, 11) is 1.50. The lowest BCUT2D eigenvalue weighted by Gasteiger charge is -2.07. The van der Waals surface area contributed by atoms with Gasteiger partial charge in [-0.2, -0.15) is 0 Å². The van der Waals surface area contributed by atoms with Gasteiger partial charge in [0, 0.05) is 11.1 Å². The fraction of sp³-hybridized carbons (Fsp3) is 0.125. The first-order chi connectivity index (χ1) is 10.1. The molecule has 0 bridgehead atoms. The standard InChI is InChI=1S/C16H13FO4/c1-20-13-4-2-3-12(8-13)15(19)10-21-16-6-5-11(9-18)7-14(16)17/h2-9H,10H2,1H3. The summed E-state index contributed by atoms with van der Waals surface area (Å²) in [6.07, 6.45) is 0.536. The van der Waals surface area contributed by atoms with Gasteiger partial charge in [0.1, 0.15) is 12.0 Å². The molecule has 0 unspecified atom stereocenters. The van der Waals surface area contributed by atoms with Crippen molar-refractivity contribution in [3.05, 3.63) is 59.4 Å². The maximum atomic E-state index is 13.6. The third kappa shape index (κ3) is 3.66. The largest absolute Gasteiger partial charge is 0.497 e. The van der Waals surface area contributed by atoms with E-state index in [9.17, 15) is 14.0 Å². The van der Waals surface area contributed by atoms with E-state index < -0.39 is 5.82 Å². The molecular formula is C16H13FO4. The van der Waals surface area contributed by atoms with E-state index in [-0.39, 0.29) is 23.7 Å². The summed E-state index contributed by atoms with van der Waals surface area (Å²) in [5, 5.41) is 0. The number of carbonyl (C=O) groups is 2. The van der Waals surface area contributed by atoms with E-state index in [1.54, 1.807) is 24.3 Å². The predicted octanol–water partition coefficient (Wildman–Crippen LogP) is 2.91. The topological polar surface area (TPSA) is 52.6 Å². The number of hydrogen-bond acceptors (Lipinski definition) is 4. The minimum Gasteiger partial charge on any atom is -0.497 e. The zero-order valence-corrected chi connectivity index (χ0v) is 11.3. The molecule has 0 aromatic heterocycles. The molecule has 108 valence electrons. The van der Waals surface area contributed by atoms with Crippen molar-refractivity contribution in [3.63, 3.8) is 0 Å². The van der Waals surface area contributed by atoms with Gasteiger partial charge in [0.25, 0.3) is 0 Å². The smallest absolute Gasteiger partial charge is 0.200 e. The Hall–Kier alpha value is -2.69. The van der Waals surface area contributed by atoms with Crippen molar-refractivity contribution in [1.82, 2.24) is 0 Å². The highest BCUT2D eigenvalue weighted by Gasteiger charge is 2.10. The molecule has 0 spiro atoms. The molecule has 0 N–H and O–H groups in total. The van der Waals surface area contributed by atoms with Crippen molar-refractivity contribution in [1.29, 1.82) is 0 Å². The molecule has 0 saturated carbocycles. The Kier molecular flexibility index (Phi) is 4.66. The molecule has 0 radical (unpaired) electrons. The predicted molar refractivity (Wildman–Crippen MR) is 74.6 cm³/mol. The van der Waals surface area contributed by atoms with Gasteiger partial charge in [0.15, 0.2) is 24.0 Å². The van der Waals surface area contributed by atoms with Crippen molar-refractivity contribution >= 4 is 12.1 Å². The van der Waals surface area contributed by atoms with Crippen molar-refractivity contribution in [2.75, 3.05) is 13.7 Å². The van der Waals surface area contributed by atoms with Crippen molar-refractivity contribution < 1.29 is 23.5 Å². The first-order valence-electron chi connectivity index (χ1n) is 6.19. The molecule has 2 aromatic rings. The molecule has 4 nitrogen and oxygen atoms in total. The second-order valence-electron chi connectivity index (χ2n) is 4.25. The third-order valence-electron chi connectivity index (χ3n) is 2.84. The van der Waals surface area contributed by atoms with Crippen LogP contribution in [0.4, 0.5) is 4.39 Å². The summed E-state index contributed by atoms with van der Waals surface area (Å²) < 4.78 is 23.8. The van der Waals surface area contributed by atoms with Crippen LogP contribution in [0.1, 0.15) is 20.7 Å². The monoisotopic (exact) mass is 288 g/mol. The Balaban J connectivity index is 2.05. The molecule has 0 saturated heterocycles. The molecule has 0 aliphatic carbocycles. The number of aldehydes is 1. The van der Waals surface area contributed by atoms with Crippen molar-refractivity contribution in [3.8, 4) is 11.5 Å². The van der Waals surface area contributed by atoms with Crippen molar-refractivity contribution in [2.24, 2.45) is 0 Å². The van der Waals surface area contributed by atoms with Gasteiger partial charge in [0.05, 0.1) is 7.11 Å². The highest BCUT2D eigenvalue weighted by Crippen LogP contribution is 2.18. The number of methoxy groups -OCH3 is 1. The lowest BCUT2D eigenvalue weighted by molar-refractivity contribution is 0.0918. The molecule has 0 amide bonds. The number of ether oxygens (including phenoxy) is 2. The minimum absolute atomic E-state index is 0.0724. The maximum Gasteiger partial charge on any atom is 0.200 e. The van der Waals surface area contributed by atoms with Crippen LogP contribution in [-0.2, 0) is 0 Å². The summed E-state index contributed by atoms with van der Waals surface area (Å²) in [6.45, 7) is -0.301. The highest BCUT2D eigenvalue weighted by atomic mass is 19.1. The zero-order valence-electron chi connectivity index (χ0n) is 11.3. The molecular weight excluding hydrogens is 275 g/mol. The molecule has 2 aromatic carbocycles. The van der Waals surface area contributed by atoms with Gasteiger partial charge < -0.3 is 9.47 Å². The number of halogens is 1. The summed E-state index contributed by atoms with van der Waals surface area (Å²) >= 11 is 0. The Morgan fingerprint density at radius 1 is 1.24 bits per heavy atom. The van der Waals surface area contributed by atoms with Crippen LogP contribution in [0.25, 0.3) is 0 Å². The van der Waals surface area contributed by atoms with E-state index in [0.717, 1.165) is 6.07 Å². The third-order valence-corrected chi connectivity index (χ3v) is 2.84. The fourth-order valence-electron chi connectivity index (χ4n) is 1.73. The number of benzene rings is 2. The summed E-state index contributed by atoms with van der Waals surface area (Å²) in [4.78, 5) is 22.5. The first-order valence-corrected chi connectivity index (χ1v) is 6.19. The van der Waals surface area contributed by atoms with Gasteiger partial charge >= 0.3 is 0 Å². The fourth-order valence-corrected chi connectivity index (χ4v) is 1.73. The van der Waals surface area contributed by atoms with E-state index in [1.807, 2.05) is 0 Å². The molecule has 0 aliphatic heterocycles. The van der Waals surface area contributed by atoms with Gasteiger partial charge in [-0.05, 0) is 30.3 Å². The van der Waals surface area contributed by atoms with E-state index >= 15 is 0 Å². The summed E-state index contributed by atoms with van der Waals surface area (Å²) in [5.41, 5.74) is 0.623. The lowest BCUT2D eigenvalue weighted by atomic mass is 10.1. The normalized spacial score (nSPS) is 10.0. The van der Waals surface area contributed by atoms with Crippen LogP contribution < -0.4 is 9.47 Å². The molecule has 21 heavy (non-hydrogen) atoms. The van der Waals surface area contributed by atoms with Crippen LogP contribution >= 0.6 is 0 Å². The summed E-state index contributed by atoms with van der Waals surface area (Å²) in [6, 6.07) is 10.4. The molecule has 0 aliphatic rings. The van der Waals surface area contributed by atoms with Crippen LogP contribution in [0, 0.1) is 5.82 Å². The molecule has 2 rings (SSSR count). The second kappa shape index (κ2) is 6.65. The van der Waals surface area contributed by atoms with Gasteiger partial charge in [-0.15, -0.1) is 0 Å². The number of carbonyl (C=O) groups excluding carboxylic acids is 2. The van der Waals surface area contributed by atoms with Gasteiger partial charge in [0.2, 0.25) is 0 Å². The number of ketones is 1. The molecule has 0 atom stereocenters. The SMILES string of the molecule is COc1cccc(C(=O)COc2ccc(C=O)cc2F)c1. The molecule has 0 fully saturated rings. The zero-order chi connectivity index (χ0) is 15.2.